The van der Waals surface area contributed by atoms with Crippen LogP contribution in [0.25, 0.3) is 56.4 Å². The second kappa shape index (κ2) is 14.4. The second-order valence-electron chi connectivity index (χ2n) is 9.69. The van der Waals surface area contributed by atoms with Crippen molar-refractivity contribution in [1.82, 2.24) is 19.9 Å². The van der Waals surface area contributed by atoms with Crippen LogP contribution in [0.3, 0.4) is 0 Å². The molecule has 0 saturated heterocycles. The third-order valence-electron chi connectivity index (χ3n) is 6.69. The van der Waals surface area contributed by atoms with Crippen molar-refractivity contribution >= 4 is 33.2 Å². The molecule has 2 aromatic carbocycles. The molecular formula is C33H25Cl2CoN4O3P. The first-order valence-electron chi connectivity index (χ1n) is 13.2. The molecule has 0 spiro atoms. The molecule has 0 atom stereocenters. The number of aromatic nitrogens is 4. The molecule has 6 rings (SSSR count). The van der Waals surface area contributed by atoms with Crippen LogP contribution in [0.2, 0.25) is 0 Å². The number of hydrogen-bond acceptors (Lipinski definition) is 5. The SMILES string of the molecule is Cc1ccc(-c2cc(-c3ccccn3)nc(-c3cc(-c4ccc(P(=O)(O)O)cc4)cc(-c4ccccn4)n3)c2)cc1.[Cl][Co][Cl]. The molecule has 0 aliphatic carbocycles. The minimum atomic E-state index is -4.36. The monoisotopic (exact) mass is 685 g/mol. The molecule has 0 unspecified atom stereocenters. The Kier molecular flexibility index (Phi) is 10.4. The Morgan fingerprint density at radius 1 is 0.568 bits per heavy atom. The number of pyridine rings is 4. The maximum absolute atomic E-state index is 11.7. The number of rotatable bonds is 6. The summed E-state index contributed by atoms with van der Waals surface area (Å²) in [6, 6.07) is 33.9. The molecule has 4 aromatic heterocycles. The standard InChI is InChI=1S/C33H25N4O3P.2ClH.Co/c1-22-8-10-23(11-9-22)25-18-30(28-6-2-4-16-34-28)36-32(20-25)33-21-26(19-31(37-33)29-7-3-5-17-35-29)24-12-14-27(15-13-24)41(38,39)40;;;/h2-21H,1H3,(H2,38,39,40);2*1H;/q;;;+2/p-2. The van der Waals surface area contributed by atoms with Gasteiger partial charge in [0.05, 0.1) is 39.5 Å². The molecule has 0 fully saturated rings. The van der Waals surface area contributed by atoms with Crippen LogP contribution in [-0.4, -0.2) is 29.7 Å². The minimum absolute atomic E-state index is 0.0343. The molecule has 0 saturated carbocycles. The summed E-state index contributed by atoms with van der Waals surface area (Å²) in [7, 11) is 5.11. The summed E-state index contributed by atoms with van der Waals surface area (Å²) in [5, 5.41) is -0.0343. The van der Waals surface area contributed by atoms with Gasteiger partial charge in [-0.25, -0.2) is 9.97 Å². The summed E-state index contributed by atoms with van der Waals surface area (Å²) in [5.74, 6) is 0. The molecule has 223 valence electrons. The molecule has 0 aliphatic rings. The third kappa shape index (κ3) is 7.86. The first-order chi connectivity index (χ1) is 21.2. The predicted molar refractivity (Wildman–Crippen MR) is 173 cm³/mol. The van der Waals surface area contributed by atoms with Crippen LogP contribution in [0.5, 0.6) is 0 Å². The second-order valence-corrected chi connectivity index (χ2v) is 13.0. The zero-order valence-electron chi connectivity index (χ0n) is 23.2. The Balaban J connectivity index is 0.00000123. The van der Waals surface area contributed by atoms with E-state index >= 15 is 0 Å². The van der Waals surface area contributed by atoms with Crippen molar-refractivity contribution in [3.63, 3.8) is 0 Å². The first kappa shape index (κ1) is 31.7. The Bertz CT molecular complexity index is 1910. The average molecular weight is 686 g/mol. The van der Waals surface area contributed by atoms with Gasteiger partial charge in [0.25, 0.3) is 0 Å². The molecule has 4 heterocycles. The van der Waals surface area contributed by atoms with E-state index in [1.807, 2.05) is 60.7 Å². The maximum atomic E-state index is 11.7. The molecule has 6 aromatic rings. The van der Waals surface area contributed by atoms with Crippen molar-refractivity contribution in [1.29, 1.82) is 0 Å². The number of aryl methyl sites for hydroxylation is 1. The summed E-state index contributed by atoms with van der Waals surface area (Å²) in [6.07, 6.45) is 3.46. The van der Waals surface area contributed by atoms with Crippen LogP contribution in [0.15, 0.2) is 122 Å². The first-order valence-corrected chi connectivity index (χ1v) is 17.7. The van der Waals surface area contributed by atoms with Gasteiger partial charge >= 0.3 is 40.8 Å². The molecule has 11 heteroatoms. The van der Waals surface area contributed by atoms with Gasteiger partial charge in [-0.1, -0.05) is 54.1 Å². The predicted octanol–water partition coefficient (Wildman–Crippen LogP) is 8.09. The van der Waals surface area contributed by atoms with Crippen LogP contribution in [0.4, 0.5) is 0 Å². The van der Waals surface area contributed by atoms with Crippen molar-refractivity contribution in [2.75, 3.05) is 0 Å². The van der Waals surface area contributed by atoms with Crippen LogP contribution < -0.4 is 5.30 Å². The normalized spacial score (nSPS) is 11.1. The Labute approximate surface area is 269 Å². The molecule has 44 heavy (non-hydrogen) atoms. The van der Waals surface area contributed by atoms with Gasteiger partial charge in [0.1, 0.15) is 0 Å². The zero-order chi connectivity index (χ0) is 31.1. The van der Waals surface area contributed by atoms with Crippen LogP contribution >= 0.6 is 27.9 Å². The van der Waals surface area contributed by atoms with E-state index in [0.29, 0.717) is 35.7 Å². The summed E-state index contributed by atoms with van der Waals surface area (Å²) in [6.45, 7) is 2.06. The van der Waals surface area contributed by atoms with Gasteiger partial charge in [-0.3, -0.25) is 14.5 Å². The molecule has 0 radical (unpaired) electrons. The Morgan fingerprint density at radius 3 is 1.32 bits per heavy atom. The van der Waals surface area contributed by atoms with Crippen molar-refractivity contribution < 1.29 is 27.2 Å². The topological polar surface area (TPSA) is 109 Å². The fourth-order valence-corrected chi connectivity index (χ4v) is 5.08. The van der Waals surface area contributed by atoms with E-state index in [2.05, 4.69) is 41.2 Å². The van der Waals surface area contributed by atoms with Crippen LogP contribution in [0.1, 0.15) is 5.56 Å². The van der Waals surface area contributed by atoms with Gasteiger partial charge in [-0.15, -0.1) is 0 Å². The summed E-state index contributed by atoms with van der Waals surface area (Å²) in [4.78, 5) is 38.1. The average Bonchev–Trinajstić information content (AvgIpc) is 3.05. The number of benzene rings is 2. The van der Waals surface area contributed by atoms with E-state index in [1.54, 1.807) is 24.5 Å². The number of nitrogens with zero attached hydrogens (tertiary/aromatic N) is 4. The fourth-order valence-electron chi connectivity index (χ4n) is 4.54. The summed E-state index contributed by atoms with van der Waals surface area (Å²) < 4.78 is 11.7. The van der Waals surface area contributed by atoms with Crippen molar-refractivity contribution in [3.05, 3.63) is 127 Å². The van der Waals surface area contributed by atoms with Gasteiger partial charge in [-0.05, 0) is 89.8 Å². The van der Waals surface area contributed by atoms with Gasteiger partial charge in [0.15, 0.2) is 0 Å². The van der Waals surface area contributed by atoms with Gasteiger partial charge < -0.3 is 9.79 Å². The van der Waals surface area contributed by atoms with Crippen LogP contribution in [-0.2, 0) is 17.5 Å². The molecule has 0 bridgehead atoms. The zero-order valence-corrected chi connectivity index (χ0v) is 26.6. The van der Waals surface area contributed by atoms with Crippen molar-refractivity contribution in [2.24, 2.45) is 0 Å². The number of hydrogen-bond donors (Lipinski definition) is 2. The van der Waals surface area contributed by atoms with Gasteiger partial charge in [0.2, 0.25) is 0 Å². The van der Waals surface area contributed by atoms with E-state index in [1.165, 1.54) is 17.7 Å². The van der Waals surface area contributed by atoms with Gasteiger partial charge in [0, 0.05) is 12.4 Å². The molecule has 0 amide bonds. The summed E-state index contributed by atoms with van der Waals surface area (Å²) >= 11 is 0.382. The van der Waals surface area contributed by atoms with Crippen molar-refractivity contribution in [2.45, 2.75) is 6.92 Å². The Hall–Kier alpha value is -3.72. The third-order valence-corrected chi connectivity index (χ3v) is 7.66. The summed E-state index contributed by atoms with van der Waals surface area (Å²) in [5.41, 5.74) is 8.90. The van der Waals surface area contributed by atoms with E-state index < -0.39 is 7.60 Å². The Morgan fingerprint density at radius 2 is 0.955 bits per heavy atom. The molecule has 2 N–H and O–H groups in total. The fraction of sp³-hybridized carbons (Fsp3) is 0.0303. The van der Waals surface area contributed by atoms with Crippen LogP contribution in [0, 0.1) is 6.92 Å². The quantitative estimate of drug-likeness (QED) is 0.171. The molecule has 0 aliphatic heterocycles. The van der Waals surface area contributed by atoms with Crippen molar-refractivity contribution in [3.8, 4) is 56.4 Å². The van der Waals surface area contributed by atoms with E-state index in [0.717, 1.165) is 33.6 Å². The van der Waals surface area contributed by atoms with E-state index in [-0.39, 0.29) is 5.30 Å². The van der Waals surface area contributed by atoms with E-state index in [9.17, 15) is 14.4 Å². The number of halogens is 2. The van der Waals surface area contributed by atoms with Gasteiger partial charge in [-0.2, -0.15) is 0 Å². The molecule has 7 nitrogen and oxygen atoms in total. The molecular weight excluding hydrogens is 661 g/mol. The van der Waals surface area contributed by atoms with E-state index in [4.69, 9.17) is 30.3 Å².